The molecule has 1 saturated carbocycles. The van der Waals surface area contributed by atoms with E-state index >= 15 is 0 Å². The van der Waals surface area contributed by atoms with Crippen LogP contribution in [0.2, 0.25) is 0 Å². The number of anilines is 1. The van der Waals surface area contributed by atoms with Crippen LogP contribution in [0.15, 0.2) is 18.2 Å². The van der Waals surface area contributed by atoms with Crippen LogP contribution in [0.3, 0.4) is 0 Å². The van der Waals surface area contributed by atoms with E-state index in [-0.39, 0.29) is 17.8 Å². The Morgan fingerprint density at radius 3 is 2.45 bits per heavy atom. The van der Waals surface area contributed by atoms with Gasteiger partial charge in [-0.1, -0.05) is 12.1 Å². The summed E-state index contributed by atoms with van der Waals surface area (Å²) in [5, 5.41) is 12.6. The van der Waals surface area contributed by atoms with Crippen molar-refractivity contribution >= 4 is 5.69 Å². The molecule has 0 atom stereocenters. The van der Waals surface area contributed by atoms with E-state index in [0.717, 1.165) is 31.7 Å². The average molecular weight is 288 g/mol. The van der Waals surface area contributed by atoms with Gasteiger partial charge < -0.3 is 16.2 Å². The molecule has 1 fully saturated rings. The molecule has 1 aliphatic rings. The van der Waals surface area contributed by atoms with Gasteiger partial charge in [0, 0.05) is 18.3 Å². The number of halogens is 3. The smallest absolute Gasteiger partial charge is 0.398 e. The predicted molar refractivity (Wildman–Crippen MR) is 71.0 cm³/mol. The van der Waals surface area contributed by atoms with Crippen molar-refractivity contribution < 1.29 is 18.3 Å². The first-order valence-corrected chi connectivity index (χ1v) is 6.74. The SMILES string of the molecule is Nc1c(CNC2CCC(O)CC2)cccc1C(F)(F)F. The third-order valence-corrected chi connectivity index (χ3v) is 3.78. The summed E-state index contributed by atoms with van der Waals surface area (Å²) < 4.78 is 38.2. The highest BCUT2D eigenvalue weighted by atomic mass is 19.4. The zero-order valence-corrected chi connectivity index (χ0v) is 11.1. The molecular formula is C14H19F3N2O. The van der Waals surface area contributed by atoms with Gasteiger partial charge in [0.15, 0.2) is 0 Å². The van der Waals surface area contributed by atoms with Gasteiger partial charge in [-0.15, -0.1) is 0 Å². The lowest BCUT2D eigenvalue weighted by Crippen LogP contribution is -2.34. The summed E-state index contributed by atoms with van der Waals surface area (Å²) in [6.45, 7) is 0.316. The highest BCUT2D eigenvalue weighted by Crippen LogP contribution is 2.35. The molecule has 0 aromatic heterocycles. The minimum atomic E-state index is -4.42. The summed E-state index contributed by atoms with van der Waals surface area (Å²) in [5.74, 6) is 0. The molecule has 0 radical (unpaired) electrons. The molecule has 2 rings (SSSR count). The third kappa shape index (κ3) is 3.64. The maximum Gasteiger partial charge on any atom is 0.418 e. The molecule has 20 heavy (non-hydrogen) atoms. The van der Waals surface area contributed by atoms with Crippen molar-refractivity contribution in [1.82, 2.24) is 5.32 Å². The van der Waals surface area contributed by atoms with Crippen LogP contribution >= 0.6 is 0 Å². The third-order valence-electron chi connectivity index (χ3n) is 3.78. The van der Waals surface area contributed by atoms with Crippen LogP contribution < -0.4 is 11.1 Å². The number of nitrogens with two attached hydrogens (primary N) is 1. The summed E-state index contributed by atoms with van der Waals surface area (Å²) >= 11 is 0. The lowest BCUT2D eigenvalue weighted by Gasteiger charge is -2.26. The van der Waals surface area contributed by atoms with Crippen LogP contribution in [-0.2, 0) is 12.7 Å². The fourth-order valence-electron chi connectivity index (χ4n) is 2.55. The van der Waals surface area contributed by atoms with Crippen LogP contribution in [-0.4, -0.2) is 17.3 Å². The molecule has 6 heteroatoms. The Bertz CT molecular complexity index is 454. The fourth-order valence-corrected chi connectivity index (χ4v) is 2.55. The molecule has 0 heterocycles. The summed E-state index contributed by atoms with van der Waals surface area (Å²) in [4.78, 5) is 0. The molecule has 0 spiro atoms. The van der Waals surface area contributed by atoms with Gasteiger partial charge in [0.05, 0.1) is 11.7 Å². The van der Waals surface area contributed by atoms with Crippen molar-refractivity contribution in [1.29, 1.82) is 0 Å². The fraction of sp³-hybridized carbons (Fsp3) is 0.571. The van der Waals surface area contributed by atoms with Gasteiger partial charge in [-0.05, 0) is 37.3 Å². The molecular weight excluding hydrogens is 269 g/mol. The van der Waals surface area contributed by atoms with E-state index in [9.17, 15) is 18.3 Å². The number of alkyl halides is 3. The van der Waals surface area contributed by atoms with E-state index in [2.05, 4.69) is 5.32 Å². The van der Waals surface area contributed by atoms with Crippen molar-refractivity contribution in [2.75, 3.05) is 5.73 Å². The lowest BCUT2D eigenvalue weighted by atomic mass is 9.93. The van der Waals surface area contributed by atoms with Crippen molar-refractivity contribution in [3.05, 3.63) is 29.3 Å². The Labute approximate surface area is 116 Å². The Balaban J connectivity index is 2.00. The second kappa shape index (κ2) is 6.01. The zero-order valence-electron chi connectivity index (χ0n) is 11.1. The zero-order chi connectivity index (χ0) is 14.8. The summed E-state index contributed by atoms with van der Waals surface area (Å²) in [5.41, 5.74) is 5.08. The van der Waals surface area contributed by atoms with Gasteiger partial charge in [-0.25, -0.2) is 0 Å². The number of nitrogens with one attached hydrogen (secondary N) is 1. The van der Waals surface area contributed by atoms with Crippen LogP contribution in [0.4, 0.5) is 18.9 Å². The first kappa shape index (κ1) is 15.1. The highest BCUT2D eigenvalue weighted by Gasteiger charge is 2.33. The molecule has 4 N–H and O–H groups in total. The number of aliphatic hydroxyl groups excluding tert-OH is 1. The predicted octanol–water partition coefficient (Wildman–Crippen LogP) is 2.68. The number of para-hydroxylation sites is 1. The van der Waals surface area contributed by atoms with Gasteiger partial charge >= 0.3 is 6.18 Å². The molecule has 1 aliphatic carbocycles. The van der Waals surface area contributed by atoms with Crippen LogP contribution in [0.25, 0.3) is 0 Å². The number of benzene rings is 1. The number of aliphatic hydroxyl groups is 1. The summed E-state index contributed by atoms with van der Waals surface area (Å²) in [6, 6.07) is 4.21. The molecule has 0 bridgehead atoms. The molecule has 0 aliphatic heterocycles. The largest absolute Gasteiger partial charge is 0.418 e. The molecule has 0 amide bonds. The van der Waals surface area contributed by atoms with E-state index < -0.39 is 11.7 Å². The Kier molecular flexibility index (Phi) is 4.55. The minimum absolute atomic E-state index is 0.205. The summed E-state index contributed by atoms with van der Waals surface area (Å²) in [6.07, 6.45) is -1.53. The van der Waals surface area contributed by atoms with Crippen molar-refractivity contribution in [3.63, 3.8) is 0 Å². The number of nitrogen functional groups attached to an aromatic ring is 1. The summed E-state index contributed by atoms with van der Waals surface area (Å²) in [7, 11) is 0. The molecule has 1 aromatic rings. The molecule has 1 aromatic carbocycles. The first-order chi connectivity index (χ1) is 9.38. The monoisotopic (exact) mass is 288 g/mol. The Morgan fingerprint density at radius 2 is 1.85 bits per heavy atom. The molecule has 3 nitrogen and oxygen atoms in total. The van der Waals surface area contributed by atoms with Gasteiger partial charge in [0.1, 0.15) is 0 Å². The second-order valence-corrected chi connectivity index (χ2v) is 5.26. The molecule has 0 saturated heterocycles. The standard InChI is InChI=1S/C14H19F3N2O/c15-14(16,17)12-3-1-2-9(13(12)18)8-19-10-4-6-11(20)7-5-10/h1-3,10-11,19-20H,4-8,18H2. The topological polar surface area (TPSA) is 58.3 Å². The average Bonchev–Trinajstić information content (AvgIpc) is 2.38. The van der Waals surface area contributed by atoms with Gasteiger partial charge in [-0.3, -0.25) is 0 Å². The number of rotatable bonds is 3. The van der Waals surface area contributed by atoms with Crippen molar-refractivity contribution in [3.8, 4) is 0 Å². The number of hydrogen-bond acceptors (Lipinski definition) is 3. The van der Waals surface area contributed by atoms with Gasteiger partial charge in [-0.2, -0.15) is 13.2 Å². The quantitative estimate of drug-likeness (QED) is 0.749. The first-order valence-electron chi connectivity index (χ1n) is 6.74. The van der Waals surface area contributed by atoms with E-state index in [1.807, 2.05) is 0 Å². The maximum absolute atomic E-state index is 12.7. The number of hydrogen-bond donors (Lipinski definition) is 3. The maximum atomic E-state index is 12.7. The van der Waals surface area contributed by atoms with Crippen molar-refractivity contribution in [2.45, 2.75) is 50.6 Å². The lowest BCUT2D eigenvalue weighted by molar-refractivity contribution is -0.136. The molecule has 0 unspecified atom stereocenters. The van der Waals surface area contributed by atoms with E-state index in [4.69, 9.17) is 5.73 Å². The second-order valence-electron chi connectivity index (χ2n) is 5.26. The van der Waals surface area contributed by atoms with Gasteiger partial charge in [0.2, 0.25) is 0 Å². The van der Waals surface area contributed by atoms with E-state index in [0.29, 0.717) is 12.1 Å². The Hall–Kier alpha value is -1.27. The van der Waals surface area contributed by atoms with Gasteiger partial charge in [0.25, 0.3) is 0 Å². The highest BCUT2D eigenvalue weighted by molar-refractivity contribution is 5.55. The van der Waals surface area contributed by atoms with Crippen LogP contribution in [0.5, 0.6) is 0 Å². The Morgan fingerprint density at radius 1 is 1.20 bits per heavy atom. The van der Waals surface area contributed by atoms with E-state index in [1.54, 1.807) is 6.07 Å². The van der Waals surface area contributed by atoms with Crippen LogP contribution in [0.1, 0.15) is 36.8 Å². The molecule has 112 valence electrons. The normalized spacial score (nSPS) is 23.8. The minimum Gasteiger partial charge on any atom is -0.398 e. The van der Waals surface area contributed by atoms with E-state index in [1.165, 1.54) is 6.07 Å². The van der Waals surface area contributed by atoms with Crippen molar-refractivity contribution in [2.24, 2.45) is 0 Å². The van der Waals surface area contributed by atoms with Crippen LogP contribution in [0, 0.1) is 0 Å².